The fourth-order valence-electron chi connectivity index (χ4n) is 2.15. The summed E-state index contributed by atoms with van der Waals surface area (Å²) >= 11 is 0. The molecule has 1 N–H and O–H groups in total. The zero-order valence-electron chi connectivity index (χ0n) is 11.1. The van der Waals surface area contributed by atoms with Crippen molar-refractivity contribution in [3.05, 3.63) is 12.2 Å². The molecule has 1 saturated carbocycles. The molecule has 1 fully saturated rings. The Morgan fingerprint density at radius 2 is 2.06 bits per heavy atom. The van der Waals surface area contributed by atoms with Crippen LogP contribution < -0.4 is 5.32 Å². The quantitative estimate of drug-likeness (QED) is 0.560. The largest absolute Gasteiger partial charge is 0.466 e. The lowest BCUT2D eigenvalue weighted by Gasteiger charge is -2.22. The summed E-state index contributed by atoms with van der Waals surface area (Å²) in [5.74, 6) is -0.425. The van der Waals surface area contributed by atoms with E-state index in [0.29, 0.717) is 19.1 Å². The molecule has 1 aliphatic carbocycles. The first kappa shape index (κ1) is 14.7. The maximum atomic E-state index is 11.6. The van der Waals surface area contributed by atoms with E-state index in [1.54, 1.807) is 6.08 Å². The van der Waals surface area contributed by atoms with Crippen molar-refractivity contribution in [2.75, 3.05) is 27.2 Å². The van der Waals surface area contributed by atoms with Crippen LogP contribution in [0.2, 0.25) is 0 Å². The number of methoxy groups -OCH3 is 1. The van der Waals surface area contributed by atoms with E-state index in [4.69, 9.17) is 0 Å². The van der Waals surface area contributed by atoms with Crippen LogP contribution in [0.1, 0.15) is 25.7 Å². The van der Waals surface area contributed by atoms with E-state index in [0.717, 1.165) is 0 Å². The minimum atomic E-state index is -0.410. The lowest BCUT2D eigenvalue weighted by atomic mass is 10.2. The number of likely N-dealkylation sites (N-methyl/N-ethyl adjacent to an activating group) is 1. The van der Waals surface area contributed by atoms with Gasteiger partial charge in [0.25, 0.3) is 0 Å². The van der Waals surface area contributed by atoms with E-state index < -0.39 is 5.97 Å². The van der Waals surface area contributed by atoms with E-state index in [-0.39, 0.29) is 5.91 Å². The first-order valence-electron chi connectivity index (χ1n) is 6.35. The highest BCUT2D eigenvalue weighted by Crippen LogP contribution is 2.21. The summed E-state index contributed by atoms with van der Waals surface area (Å²) in [6, 6.07) is 0.543. The number of nitrogens with one attached hydrogen (secondary N) is 1. The molecule has 0 aromatic carbocycles. The van der Waals surface area contributed by atoms with E-state index in [1.807, 2.05) is 7.05 Å². The van der Waals surface area contributed by atoms with Crippen LogP contribution in [0.4, 0.5) is 0 Å². The Morgan fingerprint density at radius 1 is 1.39 bits per heavy atom. The Morgan fingerprint density at radius 3 is 2.67 bits per heavy atom. The first-order valence-corrected chi connectivity index (χ1v) is 6.35. The van der Waals surface area contributed by atoms with Gasteiger partial charge in [-0.2, -0.15) is 0 Å². The summed E-state index contributed by atoms with van der Waals surface area (Å²) in [5, 5.41) is 2.74. The van der Waals surface area contributed by atoms with Crippen LogP contribution in [0.25, 0.3) is 0 Å². The molecule has 0 radical (unpaired) electrons. The number of nitrogens with zero attached hydrogens (tertiary/aromatic N) is 1. The van der Waals surface area contributed by atoms with Crippen molar-refractivity contribution < 1.29 is 14.3 Å². The van der Waals surface area contributed by atoms with Crippen molar-refractivity contribution in [1.29, 1.82) is 0 Å². The zero-order valence-corrected chi connectivity index (χ0v) is 11.1. The molecule has 0 heterocycles. The van der Waals surface area contributed by atoms with Crippen molar-refractivity contribution in [2.24, 2.45) is 0 Å². The molecule has 0 aromatic rings. The topological polar surface area (TPSA) is 58.6 Å². The van der Waals surface area contributed by atoms with Crippen LogP contribution in [0.15, 0.2) is 12.2 Å². The van der Waals surface area contributed by atoms with Gasteiger partial charge in [0.05, 0.1) is 13.7 Å². The van der Waals surface area contributed by atoms with E-state index >= 15 is 0 Å². The molecule has 5 heteroatoms. The van der Waals surface area contributed by atoms with Crippen molar-refractivity contribution >= 4 is 11.9 Å². The molecule has 1 aliphatic rings. The summed E-state index contributed by atoms with van der Waals surface area (Å²) < 4.78 is 4.44. The monoisotopic (exact) mass is 254 g/mol. The molecular formula is C13H22N2O3. The predicted molar refractivity (Wildman–Crippen MR) is 69.1 cm³/mol. The van der Waals surface area contributed by atoms with Crippen LogP contribution in [0.5, 0.6) is 0 Å². The molecule has 18 heavy (non-hydrogen) atoms. The summed E-state index contributed by atoms with van der Waals surface area (Å²) in [5.41, 5.74) is 0. The number of amides is 1. The molecule has 0 saturated heterocycles. The molecule has 0 spiro atoms. The Hall–Kier alpha value is -1.36. The fraction of sp³-hybridized carbons (Fsp3) is 0.692. The standard InChI is InChI=1S/C13H22N2O3/c1-15(11-6-3-4-7-11)10-12(16)14-9-5-8-13(17)18-2/h5,8,11H,3-4,6-7,9-10H2,1-2H3,(H,14,16)/b8-5+. The van der Waals surface area contributed by atoms with Crippen LogP contribution in [0.3, 0.4) is 0 Å². The minimum Gasteiger partial charge on any atom is -0.466 e. The Bertz CT molecular complexity index is 309. The molecule has 0 aromatic heterocycles. The molecule has 0 aliphatic heterocycles. The van der Waals surface area contributed by atoms with Gasteiger partial charge in [-0.25, -0.2) is 4.79 Å². The second kappa shape index (κ2) is 7.87. The van der Waals surface area contributed by atoms with Gasteiger partial charge >= 0.3 is 5.97 Å². The highest BCUT2D eigenvalue weighted by atomic mass is 16.5. The molecule has 0 atom stereocenters. The first-order chi connectivity index (χ1) is 8.63. The normalized spacial score (nSPS) is 16.4. The molecule has 0 bridgehead atoms. The fourth-order valence-corrected chi connectivity index (χ4v) is 2.15. The van der Waals surface area contributed by atoms with E-state index in [2.05, 4.69) is 15.0 Å². The Balaban J connectivity index is 2.16. The van der Waals surface area contributed by atoms with Crippen molar-refractivity contribution in [3.63, 3.8) is 0 Å². The lowest BCUT2D eigenvalue weighted by Crippen LogP contribution is -2.39. The van der Waals surface area contributed by atoms with Gasteiger partial charge in [0.15, 0.2) is 0 Å². The molecule has 0 unspecified atom stereocenters. The number of carbonyl (C=O) groups excluding carboxylic acids is 2. The number of rotatable bonds is 6. The molecule has 5 nitrogen and oxygen atoms in total. The van der Waals surface area contributed by atoms with Crippen molar-refractivity contribution in [2.45, 2.75) is 31.7 Å². The zero-order chi connectivity index (χ0) is 13.4. The average molecular weight is 254 g/mol. The highest BCUT2D eigenvalue weighted by Gasteiger charge is 2.20. The average Bonchev–Trinajstić information content (AvgIpc) is 2.88. The van der Waals surface area contributed by atoms with Gasteiger partial charge in [-0.3, -0.25) is 9.69 Å². The third kappa shape index (κ3) is 5.31. The predicted octanol–water partition coefficient (Wildman–Crippen LogP) is 0.706. The molecule has 102 valence electrons. The number of hydrogen-bond donors (Lipinski definition) is 1. The van der Waals surface area contributed by atoms with Crippen molar-refractivity contribution in [1.82, 2.24) is 10.2 Å². The van der Waals surface area contributed by atoms with Gasteiger partial charge in [-0.1, -0.05) is 18.9 Å². The van der Waals surface area contributed by atoms with Gasteiger partial charge in [0.2, 0.25) is 5.91 Å². The smallest absolute Gasteiger partial charge is 0.330 e. The van der Waals surface area contributed by atoms with Crippen molar-refractivity contribution in [3.8, 4) is 0 Å². The van der Waals surface area contributed by atoms with Crippen LogP contribution in [-0.2, 0) is 14.3 Å². The number of ether oxygens (including phenoxy) is 1. The van der Waals surface area contributed by atoms with E-state index in [9.17, 15) is 9.59 Å². The van der Waals surface area contributed by atoms with Gasteiger partial charge in [-0.05, 0) is 19.9 Å². The second-order valence-corrected chi connectivity index (χ2v) is 4.58. The van der Waals surface area contributed by atoms with Gasteiger partial charge < -0.3 is 10.1 Å². The third-order valence-corrected chi connectivity index (χ3v) is 3.21. The maximum absolute atomic E-state index is 11.6. The Labute approximate surface area is 108 Å². The summed E-state index contributed by atoms with van der Waals surface area (Å²) in [6.45, 7) is 0.767. The Kier molecular flexibility index (Phi) is 6.43. The van der Waals surface area contributed by atoms with Gasteiger partial charge in [-0.15, -0.1) is 0 Å². The lowest BCUT2D eigenvalue weighted by molar-refractivity contribution is -0.134. The minimum absolute atomic E-state index is 0.0149. The maximum Gasteiger partial charge on any atom is 0.330 e. The van der Waals surface area contributed by atoms with Crippen LogP contribution in [0, 0.1) is 0 Å². The molecular weight excluding hydrogens is 232 g/mol. The number of esters is 1. The van der Waals surface area contributed by atoms with Gasteiger partial charge in [0, 0.05) is 18.7 Å². The van der Waals surface area contributed by atoms with Crippen LogP contribution >= 0.6 is 0 Å². The third-order valence-electron chi connectivity index (χ3n) is 3.21. The van der Waals surface area contributed by atoms with E-state index in [1.165, 1.54) is 38.9 Å². The number of hydrogen-bond acceptors (Lipinski definition) is 4. The van der Waals surface area contributed by atoms with Crippen LogP contribution in [-0.4, -0.2) is 50.1 Å². The number of carbonyl (C=O) groups is 2. The summed E-state index contributed by atoms with van der Waals surface area (Å²) in [7, 11) is 3.31. The van der Waals surface area contributed by atoms with Gasteiger partial charge in [0.1, 0.15) is 0 Å². The SMILES string of the molecule is COC(=O)/C=C/CNC(=O)CN(C)C1CCCC1. The molecule has 1 amide bonds. The summed E-state index contributed by atoms with van der Waals surface area (Å²) in [4.78, 5) is 24.5. The molecule has 1 rings (SSSR count). The highest BCUT2D eigenvalue weighted by molar-refractivity contribution is 5.82. The summed E-state index contributed by atoms with van der Waals surface area (Å²) in [6.07, 6.45) is 7.79. The second-order valence-electron chi connectivity index (χ2n) is 4.58.